The average molecular weight is 548 g/mol. The van der Waals surface area contributed by atoms with E-state index in [4.69, 9.17) is 16.3 Å². The Labute approximate surface area is 220 Å². The fourth-order valence-corrected chi connectivity index (χ4v) is 4.78. The molecular weight excluding hydrogens is 527 g/mol. The summed E-state index contributed by atoms with van der Waals surface area (Å²) < 4.78 is 44.9. The van der Waals surface area contributed by atoms with Gasteiger partial charge in [0.1, 0.15) is 11.0 Å². The molecule has 2 amide bonds. The Morgan fingerprint density at radius 1 is 1.14 bits per heavy atom. The first kappa shape index (κ1) is 26.6. The van der Waals surface area contributed by atoms with Gasteiger partial charge < -0.3 is 10.1 Å². The number of hydrogen-bond acceptors (Lipinski definition) is 5. The number of thioether (sulfide) groups is 1. The minimum Gasteiger partial charge on any atom is -0.497 e. The number of alkyl halides is 3. The Balaban J connectivity index is 1.63. The molecule has 4 rings (SSSR count). The van der Waals surface area contributed by atoms with Gasteiger partial charge in [-0.05, 0) is 48.0 Å². The van der Waals surface area contributed by atoms with Crippen molar-refractivity contribution in [3.8, 4) is 5.75 Å². The molecule has 1 fully saturated rings. The predicted molar refractivity (Wildman–Crippen MR) is 138 cm³/mol. The van der Waals surface area contributed by atoms with Crippen molar-refractivity contribution in [2.24, 2.45) is 4.99 Å². The second kappa shape index (κ2) is 11.3. The minimum absolute atomic E-state index is 0.0140. The van der Waals surface area contributed by atoms with E-state index < -0.39 is 22.9 Å². The smallest absolute Gasteiger partial charge is 0.416 e. The van der Waals surface area contributed by atoms with Gasteiger partial charge in [-0.3, -0.25) is 14.5 Å². The highest BCUT2D eigenvalue weighted by Gasteiger charge is 2.36. The van der Waals surface area contributed by atoms with Crippen LogP contribution in [0.1, 0.15) is 17.5 Å². The number of benzene rings is 3. The number of hydrogen-bond donors (Lipinski definition) is 1. The van der Waals surface area contributed by atoms with Crippen LogP contribution in [0.2, 0.25) is 5.02 Å². The number of amidine groups is 1. The summed E-state index contributed by atoms with van der Waals surface area (Å²) in [6, 6.07) is 18.1. The molecule has 1 aliphatic rings. The van der Waals surface area contributed by atoms with Gasteiger partial charge >= 0.3 is 6.18 Å². The third kappa shape index (κ3) is 6.84. The summed E-state index contributed by atoms with van der Waals surface area (Å²) in [7, 11) is 1.50. The molecule has 1 N–H and O–H groups in total. The van der Waals surface area contributed by atoms with Crippen LogP contribution in [0.3, 0.4) is 0 Å². The summed E-state index contributed by atoms with van der Waals surface area (Å²) in [5.41, 5.74) is 0.380. The molecule has 37 heavy (non-hydrogen) atoms. The summed E-state index contributed by atoms with van der Waals surface area (Å²) >= 11 is 6.97. The third-order valence-electron chi connectivity index (χ3n) is 5.42. The lowest BCUT2D eigenvalue weighted by molar-refractivity contribution is -0.137. The van der Waals surface area contributed by atoms with Gasteiger partial charge in [0.05, 0.1) is 24.9 Å². The average Bonchev–Trinajstić information content (AvgIpc) is 2.87. The van der Waals surface area contributed by atoms with Crippen LogP contribution in [-0.2, 0) is 22.3 Å². The summed E-state index contributed by atoms with van der Waals surface area (Å²) in [5, 5.41) is 2.56. The SMILES string of the molecule is COc1cccc(NC(=O)C2CC(=O)N(Cc3ccc(Cl)cc3)C(=Nc3cccc(C(F)(F)F)c3)S2)c1. The van der Waals surface area contributed by atoms with Crippen molar-refractivity contribution in [3.63, 3.8) is 0 Å². The quantitative estimate of drug-likeness (QED) is 0.381. The second-order valence-corrected chi connectivity index (χ2v) is 9.69. The van der Waals surface area contributed by atoms with Crippen molar-refractivity contribution in [1.29, 1.82) is 0 Å². The van der Waals surface area contributed by atoms with E-state index in [0.717, 1.165) is 29.5 Å². The molecule has 6 nitrogen and oxygen atoms in total. The fourth-order valence-electron chi connectivity index (χ4n) is 3.55. The third-order valence-corrected chi connectivity index (χ3v) is 6.86. The molecule has 1 atom stereocenters. The van der Waals surface area contributed by atoms with Gasteiger partial charge in [0.2, 0.25) is 11.8 Å². The van der Waals surface area contributed by atoms with Crippen LogP contribution in [0.15, 0.2) is 77.8 Å². The van der Waals surface area contributed by atoms with Crippen molar-refractivity contribution in [2.75, 3.05) is 12.4 Å². The van der Waals surface area contributed by atoms with Crippen LogP contribution in [0, 0.1) is 0 Å². The zero-order valence-electron chi connectivity index (χ0n) is 19.5. The van der Waals surface area contributed by atoms with E-state index in [2.05, 4.69) is 10.3 Å². The molecule has 0 aromatic heterocycles. The molecule has 1 saturated heterocycles. The maximum atomic E-state index is 13.2. The van der Waals surface area contributed by atoms with Crippen molar-refractivity contribution >= 4 is 51.7 Å². The molecule has 0 radical (unpaired) electrons. The predicted octanol–water partition coefficient (Wildman–Crippen LogP) is 6.53. The zero-order chi connectivity index (χ0) is 26.6. The van der Waals surface area contributed by atoms with Crippen molar-refractivity contribution in [3.05, 3.63) is 88.9 Å². The number of nitrogens with zero attached hydrogens (tertiary/aromatic N) is 2. The van der Waals surface area contributed by atoms with Gasteiger partial charge in [-0.2, -0.15) is 13.2 Å². The summed E-state index contributed by atoms with van der Waals surface area (Å²) in [5.74, 6) is -0.272. The number of carbonyl (C=O) groups is 2. The number of anilines is 1. The molecule has 1 aliphatic heterocycles. The number of nitrogens with one attached hydrogen (secondary N) is 1. The first-order valence-corrected chi connectivity index (χ1v) is 12.3. The van der Waals surface area contributed by atoms with Gasteiger partial charge in [0.15, 0.2) is 5.17 Å². The summed E-state index contributed by atoms with van der Waals surface area (Å²) in [6.07, 6.45) is -4.66. The normalized spacial score (nSPS) is 17.1. The van der Waals surface area contributed by atoms with Crippen LogP contribution in [-0.4, -0.2) is 34.2 Å². The topological polar surface area (TPSA) is 71.0 Å². The largest absolute Gasteiger partial charge is 0.497 e. The molecule has 192 valence electrons. The monoisotopic (exact) mass is 547 g/mol. The number of aliphatic imine (C=N–C) groups is 1. The number of ether oxygens (including phenoxy) is 1. The van der Waals surface area contributed by atoms with E-state index in [9.17, 15) is 22.8 Å². The maximum Gasteiger partial charge on any atom is 0.416 e. The van der Waals surface area contributed by atoms with Gasteiger partial charge in [0, 0.05) is 23.2 Å². The molecule has 0 aliphatic carbocycles. The van der Waals surface area contributed by atoms with Gasteiger partial charge in [0.25, 0.3) is 0 Å². The highest BCUT2D eigenvalue weighted by atomic mass is 35.5. The van der Waals surface area contributed by atoms with Crippen LogP contribution >= 0.6 is 23.4 Å². The first-order chi connectivity index (χ1) is 17.6. The van der Waals surface area contributed by atoms with Crippen LogP contribution < -0.4 is 10.1 Å². The molecule has 0 bridgehead atoms. The number of amides is 2. The highest BCUT2D eigenvalue weighted by molar-refractivity contribution is 8.15. The Bertz CT molecular complexity index is 1330. The number of rotatable bonds is 6. The Kier molecular flexibility index (Phi) is 8.09. The van der Waals surface area contributed by atoms with Gasteiger partial charge in [-0.15, -0.1) is 0 Å². The number of carbonyl (C=O) groups excluding carboxylic acids is 2. The molecule has 3 aromatic rings. The standard InChI is InChI=1S/C26H21ClF3N3O3S/c1-36-21-7-3-6-20(13-21)31-24(35)22-14-23(34)33(15-16-8-10-18(27)11-9-16)25(37-22)32-19-5-2-4-17(12-19)26(28,29)30/h2-13,22H,14-15H2,1H3,(H,31,35). The molecule has 1 unspecified atom stereocenters. The number of methoxy groups -OCH3 is 1. The number of halogens is 4. The lowest BCUT2D eigenvalue weighted by Crippen LogP contribution is -2.44. The van der Waals surface area contributed by atoms with Crippen molar-refractivity contribution in [1.82, 2.24) is 4.90 Å². The van der Waals surface area contributed by atoms with Crippen LogP contribution in [0.4, 0.5) is 24.5 Å². The van der Waals surface area contributed by atoms with Gasteiger partial charge in [-0.25, -0.2) is 4.99 Å². The molecule has 0 saturated carbocycles. The Morgan fingerprint density at radius 3 is 2.57 bits per heavy atom. The Hall–Kier alpha value is -3.50. The summed E-state index contributed by atoms with van der Waals surface area (Å²) in [4.78, 5) is 32.0. The van der Waals surface area contributed by atoms with E-state index in [1.165, 1.54) is 24.1 Å². The lowest BCUT2D eigenvalue weighted by Gasteiger charge is -2.32. The molecule has 11 heteroatoms. The van der Waals surface area contributed by atoms with Crippen LogP contribution in [0.5, 0.6) is 5.75 Å². The lowest BCUT2D eigenvalue weighted by atomic mass is 10.2. The molecule has 1 heterocycles. The van der Waals surface area contributed by atoms with E-state index in [-0.39, 0.29) is 29.7 Å². The van der Waals surface area contributed by atoms with Crippen molar-refractivity contribution < 1.29 is 27.5 Å². The van der Waals surface area contributed by atoms with E-state index in [0.29, 0.717) is 16.5 Å². The first-order valence-electron chi connectivity index (χ1n) is 11.0. The Morgan fingerprint density at radius 2 is 1.86 bits per heavy atom. The van der Waals surface area contributed by atoms with E-state index >= 15 is 0 Å². The second-order valence-electron chi connectivity index (χ2n) is 8.08. The zero-order valence-corrected chi connectivity index (χ0v) is 21.0. The van der Waals surface area contributed by atoms with E-state index in [1.807, 2.05) is 0 Å². The molecular formula is C26H21ClF3N3O3S. The maximum absolute atomic E-state index is 13.2. The van der Waals surface area contributed by atoms with Crippen molar-refractivity contribution in [2.45, 2.75) is 24.4 Å². The van der Waals surface area contributed by atoms with Crippen LogP contribution in [0.25, 0.3) is 0 Å². The minimum atomic E-state index is -4.55. The molecule has 3 aromatic carbocycles. The fraction of sp³-hybridized carbons (Fsp3) is 0.192. The van der Waals surface area contributed by atoms with E-state index in [1.54, 1.807) is 48.5 Å². The molecule has 0 spiro atoms. The highest BCUT2D eigenvalue weighted by Crippen LogP contribution is 2.34. The summed E-state index contributed by atoms with van der Waals surface area (Å²) in [6.45, 7) is 0.116. The van der Waals surface area contributed by atoms with Gasteiger partial charge in [-0.1, -0.05) is 47.6 Å².